The maximum absolute atomic E-state index is 12.4. The van der Waals surface area contributed by atoms with Crippen LogP contribution in [0.1, 0.15) is 12.2 Å². The van der Waals surface area contributed by atoms with Gasteiger partial charge >= 0.3 is 0 Å². The van der Waals surface area contributed by atoms with E-state index in [1.807, 2.05) is 0 Å². The molecule has 0 saturated carbocycles. The van der Waals surface area contributed by atoms with Gasteiger partial charge in [-0.1, -0.05) is 6.07 Å². The molecule has 3 rings (SSSR count). The Balaban J connectivity index is 1.60. The second-order valence-electron chi connectivity index (χ2n) is 5.53. The highest BCUT2D eigenvalue weighted by molar-refractivity contribution is 7.89. The third-order valence-electron chi connectivity index (χ3n) is 3.60. The first-order valence-corrected chi connectivity index (χ1v) is 9.39. The van der Waals surface area contributed by atoms with Crippen LogP contribution >= 0.6 is 0 Å². The van der Waals surface area contributed by atoms with Gasteiger partial charge in [0.15, 0.2) is 0 Å². The Morgan fingerprint density at radius 3 is 2.85 bits per heavy atom. The third-order valence-corrected chi connectivity index (χ3v) is 5.00. The number of benzene rings is 1. The van der Waals surface area contributed by atoms with Crippen LogP contribution in [-0.4, -0.2) is 23.9 Å². The zero-order chi connectivity index (χ0) is 18.4. The summed E-state index contributed by atoms with van der Waals surface area (Å²) in [5.74, 6) is 0.300. The van der Waals surface area contributed by atoms with E-state index in [9.17, 15) is 13.2 Å². The molecule has 0 aliphatic carbocycles. The second-order valence-corrected chi connectivity index (χ2v) is 7.30. The molecule has 0 saturated heterocycles. The highest BCUT2D eigenvalue weighted by atomic mass is 32.2. The number of hydrogen-bond acceptors (Lipinski definition) is 5. The van der Waals surface area contributed by atoms with E-state index in [1.165, 1.54) is 18.4 Å². The van der Waals surface area contributed by atoms with Crippen LogP contribution in [-0.2, 0) is 27.9 Å². The van der Waals surface area contributed by atoms with Crippen LogP contribution in [0.2, 0.25) is 0 Å². The highest BCUT2D eigenvalue weighted by Gasteiger charge is 2.15. The molecule has 2 N–H and O–H groups in total. The fourth-order valence-corrected chi connectivity index (χ4v) is 3.32. The SMILES string of the molecule is O=C(CCn1ccnc1)Nc1cccc(S(=O)(=O)NCc2ccco2)c1. The lowest BCUT2D eigenvalue weighted by atomic mass is 10.3. The zero-order valence-corrected chi connectivity index (χ0v) is 14.6. The number of carbonyl (C=O) groups is 1. The summed E-state index contributed by atoms with van der Waals surface area (Å²) in [6, 6.07) is 9.46. The summed E-state index contributed by atoms with van der Waals surface area (Å²) < 4.78 is 34.1. The summed E-state index contributed by atoms with van der Waals surface area (Å²) in [5.41, 5.74) is 0.418. The minimum absolute atomic E-state index is 0.0524. The average molecular weight is 374 g/mol. The van der Waals surface area contributed by atoms with Crippen molar-refractivity contribution in [1.29, 1.82) is 0 Å². The number of imidazole rings is 1. The molecule has 1 amide bonds. The van der Waals surface area contributed by atoms with Gasteiger partial charge in [0, 0.05) is 31.0 Å². The topological polar surface area (TPSA) is 106 Å². The normalized spacial score (nSPS) is 11.4. The Hall–Kier alpha value is -2.91. The maximum Gasteiger partial charge on any atom is 0.241 e. The van der Waals surface area contributed by atoms with E-state index in [0.29, 0.717) is 18.0 Å². The molecule has 136 valence electrons. The first kappa shape index (κ1) is 17.9. The van der Waals surface area contributed by atoms with Crippen molar-refractivity contribution in [2.24, 2.45) is 0 Å². The first-order valence-electron chi connectivity index (χ1n) is 7.91. The van der Waals surface area contributed by atoms with Gasteiger partial charge in [0.1, 0.15) is 5.76 Å². The number of anilines is 1. The molecular weight excluding hydrogens is 356 g/mol. The molecule has 2 heterocycles. The van der Waals surface area contributed by atoms with Crippen LogP contribution < -0.4 is 10.0 Å². The molecular formula is C17H18N4O4S. The van der Waals surface area contributed by atoms with Gasteiger partial charge in [-0.15, -0.1) is 0 Å². The van der Waals surface area contributed by atoms with Gasteiger partial charge < -0.3 is 14.3 Å². The van der Waals surface area contributed by atoms with Crippen molar-refractivity contribution >= 4 is 21.6 Å². The Bertz CT molecular complexity index is 951. The van der Waals surface area contributed by atoms with Gasteiger partial charge in [-0.3, -0.25) is 4.79 Å². The predicted molar refractivity (Wildman–Crippen MR) is 94.6 cm³/mol. The lowest BCUT2D eigenvalue weighted by Gasteiger charge is -2.09. The molecule has 0 spiro atoms. The van der Waals surface area contributed by atoms with Crippen molar-refractivity contribution < 1.29 is 17.6 Å². The van der Waals surface area contributed by atoms with Crippen LogP contribution in [0.3, 0.4) is 0 Å². The quantitative estimate of drug-likeness (QED) is 0.627. The number of carbonyl (C=O) groups excluding carboxylic acids is 1. The van der Waals surface area contributed by atoms with Crippen molar-refractivity contribution in [2.45, 2.75) is 24.4 Å². The Morgan fingerprint density at radius 2 is 2.12 bits per heavy atom. The van der Waals surface area contributed by atoms with E-state index in [4.69, 9.17) is 4.42 Å². The summed E-state index contributed by atoms with van der Waals surface area (Å²) in [6.45, 7) is 0.547. The van der Waals surface area contributed by atoms with E-state index in [2.05, 4.69) is 15.0 Å². The summed E-state index contributed by atoms with van der Waals surface area (Å²) in [5, 5.41) is 2.70. The molecule has 0 unspecified atom stereocenters. The van der Waals surface area contributed by atoms with Crippen LogP contribution in [0.15, 0.2) is 70.7 Å². The van der Waals surface area contributed by atoms with Crippen LogP contribution in [0, 0.1) is 0 Å². The number of rotatable bonds is 8. The molecule has 0 bridgehead atoms. The largest absolute Gasteiger partial charge is 0.468 e. The fraction of sp³-hybridized carbons (Fsp3) is 0.176. The standard InChI is InChI=1S/C17H18N4O4S/c22-17(6-8-21-9-7-18-13-21)20-14-3-1-5-16(11-14)26(23,24)19-12-15-4-2-10-25-15/h1-5,7,9-11,13,19H,6,8,12H2,(H,20,22). The monoisotopic (exact) mass is 374 g/mol. The van der Waals surface area contributed by atoms with E-state index in [0.717, 1.165) is 0 Å². The zero-order valence-electron chi connectivity index (χ0n) is 13.8. The van der Waals surface area contributed by atoms with Crippen LogP contribution in [0.5, 0.6) is 0 Å². The minimum Gasteiger partial charge on any atom is -0.468 e. The van der Waals surface area contributed by atoms with E-state index >= 15 is 0 Å². The molecule has 9 heteroatoms. The first-order chi connectivity index (χ1) is 12.5. The number of hydrogen-bond donors (Lipinski definition) is 2. The van der Waals surface area contributed by atoms with Gasteiger partial charge in [0.25, 0.3) is 0 Å². The van der Waals surface area contributed by atoms with E-state index in [1.54, 1.807) is 47.6 Å². The number of aryl methyl sites for hydroxylation is 1. The van der Waals surface area contributed by atoms with Crippen molar-refractivity contribution in [1.82, 2.24) is 14.3 Å². The van der Waals surface area contributed by atoms with Gasteiger partial charge in [-0.2, -0.15) is 0 Å². The number of amides is 1. The number of aromatic nitrogens is 2. The van der Waals surface area contributed by atoms with Gasteiger partial charge in [-0.25, -0.2) is 18.1 Å². The third kappa shape index (κ3) is 4.80. The summed E-state index contributed by atoms with van der Waals surface area (Å²) >= 11 is 0. The lowest BCUT2D eigenvalue weighted by molar-refractivity contribution is -0.116. The molecule has 0 atom stereocenters. The average Bonchev–Trinajstić information content (AvgIpc) is 3.32. The van der Waals surface area contributed by atoms with E-state index < -0.39 is 10.0 Å². The minimum atomic E-state index is -3.72. The lowest BCUT2D eigenvalue weighted by Crippen LogP contribution is -2.23. The molecule has 0 aliphatic rings. The van der Waals surface area contributed by atoms with Crippen molar-refractivity contribution in [2.75, 3.05) is 5.32 Å². The Morgan fingerprint density at radius 1 is 1.23 bits per heavy atom. The molecule has 0 radical (unpaired) electrons. The van der Waals surface area contributed by atoms with Crippen LogP contribution in [0.25, 0.3) is 0 Å². The van der Waals surface area contributed by atoms with Gasteiger partial charge in [0.2, 0.25) is 15.9 Å². The highest BCUT2D eigenvalue weighted by Crippen LogP contribution is 2.16. The van der Waals surface area contributed by atoms with Crippen molar-refractivity contribution in [3.63, 3.8) is 0 Å². The van der Waals surface area contributed by atoms with Crippen molar-refractivity contribution in [3.8, 4) is 0 Å². The van der Waals surface area contributed by atoms with Crippen LogP contribution in [0.4, 0.5) is 5.69 Å². The number of sulfonamides is 1. The van der Waals surface area contributed by atoms with Crippen molar-refractivity contribution in [3.05, 3.63) is 67.1 Å². The second kappa shape index (κ2) is 7.98. The maximum atomic E-state index is 12.4. The molecule has 8 nitrogen and oxygen atoms in total. The summed E-state index contributed by atoms with van der Waals surface area (Å²) in [7, 11) is -3.72. The summed E-state index contributed by atoms with van der Waals surface area (Å²) in [6.07, 6.45) is 6.77. The van der Waals surface area contributed by atoms with E-state index in [-0.39, 0.29) is 23.8 Å². The Kier molecular flexibility index (Phi) is 5.49. The molecule has 1 aromatic carbocycles. The molecule has 0 fully saturated rings. The molecule has 0 aliphatic heterocycles. The number of furan rings is 1. The smallest absolute Gasteiger partial charge is 0.241 e. The molecule has 2 aromatic heterocycles. The number of nitrogens with one attached hydrogen (secondary N) is 2. The Labute approximate surface area is 150 Å². The molecule has 3 aromatic rings. The fourth-order valence-electron chi connectivity index (χ4n) is 2.28. The van der Waals surface area contributed by atoms with Gasteiger partial charge in [-0.05, 0) is 30.3 Å². The molecule has 26 heavy (non-hydrogen) atoms. The summed E-state index contributed by atoms with van der Waals surface area (Å²) in [4.78, 5) is 16.0. The number of nitrogens with zero attached hydrogens (tertiary/aromatic N) is 2. The predicted octanol–water partition coefficient (Wildman–Crippen LogP) is 1.98. The van der Waals surface area contributed by atoms with Gasteiger partial charge in [0.05, 0.1) is 24.0 Å².